The lowest BCUT2D eigenvalue weighted by Crippen LogP contribution is -2.21. The smallest absolute Gasteiger partial charge is 0.355 e. The number of allylic oxidation sites excluding steroid dienone is 1. The van der Waals surface area contributed by atoms with Gasteiger partial charge in [0.25, 0.3) is 0 Å². The van der Waals surface area contributed by atoms with Gasteiger partial charge in [-0.15, -0.1) is 11.3 Å². The van der Waals surface area contributed by atoms with Gasteiger partial charge in [-0.25, -0.2) is 4.79 Å². The fourth-order valence-corrected chi connectivity index (χ4v) is 6.96. The molecular weight excluding hydrogens is 563 g/mol. The van der Waals surface area contributed by atoms with Gasteiger partial charge >= 0.3 is 5.97 Å². The minimum atomic E-state index is -0.647. The molecule has 1 aliphatic rings. The Kier molecular flexibility index (Phi) is 6.17. The van der Waals surface area contributed by atoms with Gasteiger partial charge in [0.15, 0.2) is 0 Å². The topological polar surface area (TPSA) is 85.3 Å². The van der Waals surface area contributed by atoms with E-state index in [2.05, 4.69) is 6.07 Å². The molecule has 9 heteroatoms. The van der Waals surface area contributed by atoms with Crippen molar-refractivity contribution in [2.75, 3.05) is 0 Å². The summed E-state index contributed by atoms with van der Waals surface area (Å²) in [5.41, 5.74) is 8.16. The van der Waals surface area contributed by atoms with Gasteiger partial charge in [-0.1, -0.05) is 83.3 Å². The standard InChI is InChI=1S/C29H15Cl3N2O3S/c30-15-10-21(31)25-23(11-15)38-27(26(25)32)29(35)36-16-8-9-19-22(12-16)37-28(34)20(13-33)24(19)18-7-3-5-14-4-1-2-6-17(14)18/h1-12,24H,34H2. The van der Waals surface area contributed by atoms with Crippen LogP contribution in [0.3, 0.4) is 0 Å². The summed E-state index contributed by atoms with van der Waals surface area (Å²) in [5.74, 6) is -0.478. The third-order valence-corrected chi connectivity index (χ3v) is 8.49. The molecule has 0 saturated heterocycles. The first kappa shape index (κ1) is 24.6. The van der Waals surface area contributed by atoms with E-state index >= 15 is 0 Å². The predicted octanol–water partition coefficient (Wildman–Crippen LogP) is 8.45. The quantitative estimate of drug-likeness (QED) is 0.172. The van der Waals surface area contributed by atoms with E-state index in [9.17, 15) is 10.1 Å². The molecule has 0 amide bonds. The summed E-state index contributed by atoms with van der Waals surface area (Å²) in [6.07, 6.45) is 0. The van der Waals surface area contributed by atoms with E-state index in [1.165, 1.54) is 0 Å². The third kappa shape index (κ3) is 4.05. The highest BCUT2D eigenvalue weighted by molar-refractivity contribution is 7.21. The first-order chi connectivity index (χ1) is 18.4. The molecule has 186 valence electrons. The largest absolute Gasteiger partial charge is 0.440 e. The highest BCUT2D eigenvalue weighted by Gasteiger charge is 2.32. The number of thiophene rings is 1. The van der Waals surface area contributed by atoms with Crippen molar-refractivity contribution in [1.29, 1.82) is 5.26 Å². The molecule has 0 spiro atoms. The summed E-state index contributed by atoms with van der Waals surface area (Å²) in [6, 6.07) is 24.4. The number of hydrogen-bond donors (Lipinski definition) is 1. The second-order valence-electron chi connectivity index (χ2n) is 8.59. The lowest BCUT2D eigenvalue weighted by molar-refractivity contribution is 0.0740. The highest BCUT2D eigenvalue weighted by Crippen LogP contribution is 2.46. The van der Waals surface area contributed by atoms with E-state index < -0.39 is 11.9 Å². The van der Waals surface area contributed by atoms with Gasteiger partial charge in [-0.3, -0.25) is 0 Å². The van der Waals surface area contributed by atoms with Crippen LogP contribution in [0.15, 0.2) is 84.3 Å². The number of hydrogen-bond acceptors (Lipinski definition) is 6. The summed E-state index contributed by atoms with van der Waals surface area (Å²) < 4.78 is 12.1. The normalized spacial score (nSPS) is 14.7. The van der Waals surface area contributed by atoms with Crippen molar-refractivity contribution in [3.8, 4) is 17.6 Å². The molecule has 0 aliphatic carbocycles. The van der Waals surface area contributed by atoms with E-state index in [0.29, 0.717) is 31.5 Å². The van der Waals surface area contributed by atoms with E-state index in [4.69, 9.17) is 50.0 Å². The average Bonchev–Trinajstić information content (AvgIpc) is 3.23. The van der Waals surface area contributed by atoms with E-state index in [1.54, 1.807) is 30.3 Å². The number of rotatable bonds is 3. The Bertz CT molecular complexity index is 1870. The summed E-state index contributed by atoms with van der Waals surface area (Å²) in [5, 5.41) is 13.5. The Labute approximate surface area is 236 Å². The van der Waals surface area contributed by atoms with Gasteiger partial charge in [0, 0.05) is 26.7 Å². The average molecular weight is 578 g/mol. The van der Waals surface area contributed by atoms with Gasteiger partial charge in [0.05, 0.1) is 16.0 Å². The van der Waals surface area contributed by atoms with Crippen LogP contribution in [0, 0.1) is 11.3 Å². The monoisotopic (exact) mass is 576 g/mol. The summed E-state index contributed by atoms with van der Waals surface area (Å²) in [6.45, 7) is 0. The fourth-order valence-electron chi connectivity index (χ4n) is 4.72. The van der Waals surface area contributed by atoms with Crippen molar-refractivity contribution >= 4 is 73.0 Å². The molecular formula is C29H15Cl3N2O3S. The van der Waals surface area contributed by atoms with Gasteiger partial charge < -0.3 is 15.2 Å². The SMILES string of the molecule is N#CC1=C(N)Oc2cc(OC(=O)c3sc4cc(Cl)cc(Cl)c4c3Cl)ccc2C1c1cccc2ccccc12. The number of halogens is 3. The molecule has 2 N–H and O–H groups in total. The van der Waals surface area contributed by atoms with Crippen molar-refractivity contribution in [3.05, 3.63) is 115 Å². The molecule has 2 heterocycles. The molecule has 0 saturated carbocycles. The number of esters is 1. The number of carbonyl (C=O) groups is 1. The Morgan fingerprint density at radius 2 is 1.79 bits per heavy atom. The highest BCUT2D eigenvalue weighted by atomic mass is 35.5. The first-order valence-electron chi connectivity index (χ1n) is 11.3. The van der Waals surface area contributed by atoms with E-state index in [0.717, 1.165) is 33.2 Å². The third-order valence-electron chi connectivity index (χ3n) is 6.37. The van der Waals surface area contributed by atoms with Gasteiger partial charge in [-0.2, -0.15) is 5.26 Å². The number of nitriles is 1. The molecule has 5 aromatic rings. The predicted molar refractivity (Wildman–Crippen MR) is 152 cm³/mol. The molecule has 38 heavy (non-hydrogen) atoms. The molecule has 0 fully saturated rings. The molecule has 5 nitrogen and oxygen atoms in total. The van der Waals surface area contributed by atoms with Crippen LogP contribution in [0.2, 0.25) is 15.1 Å². The first-order valence-corrected chi connectivity index (χ1v) is 13.3. The number of nitrogens with two attached hydrogens (primary N) is 1. The summed E-state index contributed by atoms with van der Waals surface area (Å²) in [4.78, 5) is 13.3. The minimum absolute atomic E-state index is 0.000446. The maximum atomic E-state index is 13.1. The fraction of sp³-hybridized carbons (Fsp3) is 0.0345. The molecule has 1 aromatic heterocycles. The Morgan fingerprint density at radius 1 is 1.00 bits per heavy atom. The minimum Gasteiger partial charge on any atom is -0.440 e. The molecule has 0 bridgehead atoms. The molecule has 6 rings (SSSR count). The van der Waals surface area contributed by atoms with E-state index in [1.807, 2.05) is 42.5 Å². The van der Waals surface area contributed by atoms with Crippen LogP contribution in [0.4, 0.5) is 0 Å². The summed E-state index contributed by atoms with van der Waals surface area (Å²) in [7, 11) is 0. The van der Waals surface area contributed by atoms with E-state index in [-0.39, 0.29) is 21.5 Å². The number of carbonyl (C=O) groups excluding carboxylic acids is 1. The molecule has 0 radical (unpaired) electrons. The maximum Gasteiger partial charge on any atom is 0.355 e. The second kappa shape index (κ2) is 9.54. The number of fused-ring (bicyclic) bond motifs is 3. The zero-order chi connectivity index (χ0) is 26.6. The Hall–Kier alpha value is -3.73. The Balaban J connectivity index is 1.39. The van der Waals surface area contributed by atoms with Crippen LogP contribution in [-0.2, 0) is 0 Å². The molecule has 1 aliphatic heterocycles. The van der Waals surface area contributed by atoms with Gasteiger partial charge in [0.2, 0.25) is 5.88 Å². The molecule has 4 aromatic carbocycles. The zero-order valence-electron chi connectivity index (χ0n) is 19.3. The van der Waals surface area contributed by atoms with Crippen LogP contribution >= 0.6 is 46.1 Å². The van der Waals surface area contributed by atoms with Crippen molar-refractivity contribution in [2.24, 2.45) is 5.73 Å². The maximum absolute atomic E-state index is 13.1. The number of nitrogens with zero attached hydrogens (tertiary/aromatic N) is 1. The van der Waals surface area contributed by atoms with Crippen LogP contribution in [0.5, 0.6) is 11.5 Å². The second-order valence-corrected chi connectivity index (χ2v) is 10.9. The number of benzene rings is 4. The van der Waals surface area contributed by atoms with Crippen LogP contribution in [-0.4, -0.2) is 5.97 Å². The molecule has 1 atom stereocenters. The zero-order valence-corrected chi connectivity index (χ0v) is 22.4. The summed E-state index contributed by atoms with van der Waals surface area (Å²) >= 11 is 20.0. The van der Waals surface area contributed by atoms with Crippen LogP contribution in [0.1, 0.15) is 26.7 Å². The van der Waals surface area contributed by atoms with Crippen LogP contribution in [0.25, 0.3) is 20.9 Å². The van der Waals surface area contributed by atoms with Crippen LogP contribution < -0.4 is 15.2 Å². The van der Waals surface area contributed by atoms with Gasteiger partial charge in [0.1, 0.15) is 28.0 Å². The lowest BCUT2D eigenvalue weighted by Gasteiger charge is -2.27. The van der Waals surface area contributed by atoms with Gasteiger partial charge in [-0.05, 0) is 34.5 Å². The van der Waals surface area contributed by atoms with Crippen molar-refractivity contribution in [3.63, 3.8) is 0 Å². The number of ether oxygens (including phenoxy) is 2. The molecule has 1 unspecified atom stereocenters. The Morgan fingerprint density at radius 3 is 2.61 bits per heavy atom. The van der Waals surface area contributed by atoms with Crippen molar-refractivity contribution in [1.82, 2.24) is 0 Å². The van der Waals surface area contributed by atoms with Crippen molar-refractivity contribution in [2.45, 2.75) is 5.92 Å². The lowest BCUT2D eigenvalue weighted by atomic mass is 9.81. The van der Waals surface area contributed by atoms with Crippen molar-refractivity contribution < 1.29 is 14.3 Å².